The van der Waals surface area contributed by atoms with Crippen LogP contribution in [0.4, 0.5) is 18.0 Å². The monoisotopic (exact) mass is 571 g/mol. The third-order valence-corrected chi connectivity index (χ3v) is 7.96. The predicted molar refractivity (Wildman–Crippen MR) is 144 cm³/mol. The quantitative estimate of drug-likeness (QED) is 0.152. The van der Waals surface area contributed by atoms with Gasteiger partial charge in [-0.25, -0.2) is 9.59 Å². The van der Waals surface area contributed by atoms with E-state index in [9.17, 15) is 32.7 Å². The summed E-state index contributed by atoms with van der Waals surface area (Å²) in [5.41, 5.74) is -1.91. The van der Waals surface area contributed by atoms with Crippen LogP contribution in [0.1, 0.15) is 91.6 Å². The Labute approximate surface area is 230 Å². The number of hydrogen-bond donors (Lipinski definition) is 1. The zero-order valence-electron chi connectivity index (χ0n) is 22.9. The van der Waals surface area contributed by atoms with Crippen LogP contribution in [0.3, 0.4) is 0 Å². The first-order valence-corrected chi connectivity index (χ1v) is 13.6. The van der Waals surface area contributed by atoms with E-state index in [2.05, 4.69) is 9.73 Å². The molecule has 0 aliphatic heterocycles. The summed E-state index contributed by atoms with van der Waals surface area (Å²) in [6.45, 7) is 7.25. The lowest BCUT2D eigenvalue weighted by Gasteiger charge is -2.30. The highest BCUT2D eigenvalue weighted by Gasteiger charge is 2.36. The summed E-state index contributed by atoms with van der Waals surface area (Å²) in [7, 11) is 1.24. The van der Waals surface area contributed by atoms with E-state index < -0.39 is 52.7 Å². The Morgan fingerprint density at radius 1 is 1.18 bits per heavy atom. The molecule has 2 rings (SSSR count). The number of hydrogen-bond acceptors (Lipinski definition) is 7. The molecule has 0 aliphatic carbocycles. The lowest BCUT2D eigenvalue weighted by Crippen LogP contribution is -2.33. The highest BCUT2D eigenvalue weighted by atomic mass is 32.1. The van der Waals surface area contributed by atoms with E-state index in [0.29, 0.717) is 32.1 Å². The molecular weight excluding hydrogens is 535 g/mol. The average molecular weight is 572 g/mol. The molecule has 1 amide bonds. The van der Waals surface area contributed by atoms with Crippen molar-refractivity contribution in [1.29, 1.82) is 0 Å². The number of aliphatic imine (C=N–C) groups is 1. The Morgan fingerprint density at radius 3 is 2.46 bits per heavy atom. The van der Waals surface area contributed by atoms with E-state index in [1.54, 1.807) is 6.92 Å². The molecule has 0 aliphatic rings. The molecule has 0 aromatic carbocycles. The van der Waals surface area contributed by atoms with Crippen molar-refractivity contribution in [2.45, 2.75) is 84.7 Å². The van der Waals surface area contributed by atoms with Gasteiger partial charge in [-0.2, -0.15) is 18.2 Å². The third kappa shape index (κ3) is 9.94. The Kier molecular flexibility index (Phi) is 11.5. The Hall–Kier alpha value is -2.95. The van der Waals surface area contributed by atoms with Crippen molar-refractivity contribution in [2.24, 2.45) is 16.3 Å². The van der Waals surface area contributed by atoms with Gasteiger partial charge in [0.25, 0.3) is 0 Å². The standard InChI is InChI=1S/C28H36F3NO6S/c1-17(9-6-7-14-32-26(36)37-5)22-15-21(33)23(25(35)38-22)24(34)18(2)27(3,4)16-20-12-11-19(39-20)10-8-13-28(29,30)31/h11-12,14-15,17-18,33H,6-10,13,16H2,1-5H3. The fourth-order valence-corrected chi connectivity index (χ4v) is 5.41. The predicted octanol–water partition coefficient (Wildman–Crippen LogP) is 7.49. The van der Waals surface area contributed by atoms with Crippen LogP contribution in [-0.2, 0) is 17.6 Å². The first-order valence-electron chi connectivity index (χ1n) is 12.8. The second-order valence-electron chi connectivity index (χ2n) is 10.4. The van der Waals surface area contributed by atoms with E-state index in [1.165, 1.54) is 30.7 Å². The van der Waals surface area contributed by atoms with Crippen molar-refractivity contribution >= 4 is 29.4 Å². The molecule has 216 valence electrons. The van der Waals surface area contributed by atoms with Gasteiger partial charge in [0.2, 0.25) is 0 Å². The first-order chi connectivity index (χ1) is 18.1. The number of unbranched alkanes of at least 4 members (excludes halogenated alkanes) is 1. The number of nitrogens with zero attached hydrogens (tertiary/aromatic N) is 1. The molecule has 0 fully saturated rings. The van der Waals surface area contributed by atoms with Crippen LogP contribution >= 0.6 is 11.3 Å². The molecule has 2 unspecified atom stereocenters. The van der Waals surface area contributed by atoms with Gasteiger partial charge >= 0.3 is 17.9 Å². The molecule has 2 aromatic heterocycles. The molecule has 11 heteroatoms. The van der Waals surface area contributed by atoms with E-state index in [1.807, 2.05) is 32.9 Å². The van der Waals surface area contributed by atoms with E-state index >= 15 is 0 Å². The summed E-state index contributed by atoms with van der Waals surface area (Å²) >= 11 is 1.42. The number of aryl methyl sites for hydroxylation is 1. The van der Waals surface area contributed by atoms with Crippen molar-refractivity contribution in [1.82, 2.24) is 0 Å². The van der Waals surface area contributed by atoms with Gasteiger partial charge in [-0.1, -0.05) is 27.7 Å². The minimum atomic E-state index is -4.17. The van der Waals surface area contributed by atoms with Crippen molar-refractivity contribution < 1.29 is 37.0 Å². The van der Waals surface area contributed by atoms with Gasteiger partial charge in [0.1, 0.15) is 17.1 Å². The smallest absolute Gasteiger partial charge is 0.432 e. The van der Waals surface area contributed by atoms with Gasteiger partial charge < -0.3 is 14.3 Å². The second kappa shape index (κ2) is 13.9. The van der Waals surface area contributed by atoms with Gasteiger partial charge in [-0.15, -0.1) is 11.3 Å². The Bertz CT molecular complexity index is 1210. The van der Waals surface area contributed by atoms with Crippen LogP contribution in [0.5, 0.6) is 5.75 Å². The van der Waals surface area contributed by atoms with Gasteiger partial charge in [-0.05, 0) is 56.1 Å². The molecular formula is C28H36F3NO6S. The Morgan fingerprint density at radius 2 is 1.85 bits per heavy atom. The molecule has 2 aromatic rings. The number of Topliss-reactive ketones (excluding diaryl/α,β-unsaturated/α-hetero) is 1. The number of ether oxygens (including phenoxy) is 1. The number of thiophene rings is 1. The fourth-order valence-electron chi connectivity index (χ4n) is 4.11. The molecule has 0 saturated carbocycles. The number of methoxy groups -OCH3 is 1. The summed E-state index contributed by atoms with van der Waals surface area (Å²) < 4.78 is 47.1. The van der Waals surface area contributed by atoms with E-state index in [0.717, 1.165) is 9.75 Å². The lowest BCUT2D eigenvalue weighted by atomic mass is 9.73. The number of halogens is 3. The summed E-state index contributed by atoms with van der Waals surface area (Å²) in [4.78, 5) is 42.4. The number of ketones is 1. The number of alkyl halides is 3. The maximum atomic E-state index is 13.3. The van der Waals surface area contributed by atoms with Gasteiger partial charge in [0.15, 0.2) is 5.78 Å². The number of aromatic hydroxyl groups is 1. The highest BCUT2D eigenvalue weighted by Crippen LogP contribution is 2.37. The highest BCUT2D eigenvalue weighted by molar-refractivity contribution is 7.12. The summed E-state index contributed by atoms with van der Waals surface area (Å²) in [5, 5.41) is 10.6. The molecule has 2 atom stereocenters. The van der Waals surface area contributed by atoms with Crippen LogP contribution < -0.4 is 5.63 Å². The zero-order chi connectivity index (χ0) is 29.4. The lowest BCUT2D eigenvalue weighted by molar-refractivity contribution is -0.135. The van der Waals surface area contributed by atoms with Gasteiger partial charge in [-0.3, -0.25) is 4.79 Å². The average Bonchev–Trinajstić information content (AvgIpc) is 3.27. The minimum absolute atomic E-state index is 0.0229. The second-order valence-corrected chi connectivity index (χ2v) is 11.7. The Balaban J connectivity index is 2.04. The van der Waals surface area contributed by atoms with Crippen LogP contribution in [0.2, 0.25) is 0 Å². The maximum absolute atomic E-state index is 13.3. The molecule has 0 radical (unpaired) electrons. The van der Waals surface area contributed by atoms with Crippen LogP contribution in [0.15, 0.2) is 32.4 Å². The molecule has 39 heavy (non-hydrogen) atoms. The zero-order valence-corrected chi connectivity index (χ0v) is 23.7. The summed E-state index contributed by atoms with van der Waals surface area (Å²) in [5.74, 6) is -1.60. The van der Waals surface area contributed by atoms with Gasteiger partial charge in [0, 0.05) is 40.3 Å². The van der Waals surface area contributed by atoms with Crippen molar-refractivity contribution in [3.8, 4) is 5.75 Å². The largest absolute Gasteiger partial charge is 0.507 e. The number of carbonyl (C=O) groups excluding carboxylic acids is 2. The molecule has 2 heterocycles. The molecule has 0 bridgehead atoms. The van der Waals surface area contributed by atoms with Crippen LogP contribution in [0.25, 0.3) is 0 Å². The third-order valence-electron chi connectivity index (χ3n) is 6.82. The number of rotatable bonds is 13. The van der Waals surface area contributed by atoms with Crippen LogP contribution in [0, 0.1) is 11.3 Å². The topological polar surface area (TPSA) is 106 Å². The molecule has 0 spiro atoms. The van der Waals surface area contributed by atoms with Crippen molar-refractivity contribution in [3.05, 3.63) is 49.7 Å². The van der Waals surface area contributed by atoms with Crippen molar-refractivity contribution in [3.63, 3.8) is 0 Å². The van der Waals surface area contributed by atoms with Crippen molar-refractivity contribution in [2.75, 3.05) is 7.11 Å². The number of carbonyl (C=O) groups is 2. The SMILES string of the molecule is COC(=O)N=CCCCC(C)c1cc(O)c(C(=O)C(C)C(C)(C)Cc2ccc(CCCC(F)(F)F)s2)c(=O)o1. The molecule has 7 nitrogen and oxygen atoms in total. The first kappa shape index (κ1) is 32.3. The van der Waals surface area contributed by atoms with Crippen LogP contribution in [-0.4, -0.2) is 36.5 Å². The maximum Gasteiger partial charge on any atom is 0.432 e. The van der Waals surface area contributed by atoms with E-state index in [4.69, 9.17) is 4.42 Å². The molecule has 0 saturated heterocycles. The van der Waals surface area contributed by atoms with E-state index in [-0.39, 0.29) is 18.1 Å². The normalized spacial score (nSPS) is 13.9. The summed E-state index contributed by atoms with van der Waals surface area (Å²) in [6.07, 6.45) is -1.66. The molecule has 1 N–H and O–H groups in total. The number of amides is 1. The fraction of sp³-hybridized carbons (Fsp3) is 0.571. The van der Waals surface area contributed by atoms with Gasteiger partial charge in [0.05, 0.1) is 7.11 Å². The minimum Gasteiger partial charge on any atom is -0.507 e. The summed E-state index contributed by atoms with van der Waals surface area (Å²) in [6, 6.07) is 4.97.